The molecule has 23 heavy (non-hydrogen) atoms. The number of carbonyl (C=O) groups is 1. The summed E-state index contributed by atoms with van der Waals surface area (Å²) in [5.41, 5.74) is 0.555. The number of amides is 1. The zero-order valence-electron chi connectivity index (χ0n) is 13.4. The van der Waals surface area contributed by atoms with Gasteiger partial charge in [0.2, 0.25) is 0 Å². The Balaban J connectivity index is 1.60. The molecule has 0 radical (unpaired) electrons. The van der Waals surface area contributed by atoms with E-state index in [4.69, 9.17) is 14.0 Å². The first-order chi connectivity index (χ1) is 11.2. The molecule has 7 heteroatoms. The number of hydrogen-bond donors (Lipinski definition) is 2. The van der Waals surface area contributed by atoms with Gasteiger partial charge in [-0.2, -0.15) is 0 Å². The van der Waals surface area contributed by atoms with Crippen LogP contribution in [0.4, 0.5) is 0 Å². The number of aromatic nitrogens is 1. The Hall–Kier alpha value is -1.44. The molecule has 0 bridgehead atoms. The van der Waals surface area contributed by atoms with Gasteiger partial charge in [0.05, 0.1) is 30.9 Å². The standard InChI is InChI=1S/C16H24N2O5/c1-10-12(7-19)15(18-23-10)16(20)17-13-9-21-6-5-14(13)22-8-11-3-2-4-11/h11,13-14,19H,2-9H2,1H3,(H,17,20)/t13-,14+/m1/s1. The predicted octanol–water partition coefficient (Wildman–Crippen LogP) is 1.18. The van der Waals surface area contributed by atoms with E-state index in [0.29, 0.717) is 30.5 Å². The summed E-state index contributed by atoms with van der Waals surface area (Å²) in [6.07, 6.45) is 4.48. The number of aliphatic hydroxyl groups is 1. The van der Waals surface area contributed by atoms with Crippen LogP contribution in [0.25, 0.3) is 0 Å². The van der Waals surface area contributed by atoms with Crippen molar-refractivity contribution in [3.05, 3.63) is 17.0 Å². The molecule has 128 valence electrons. The molecule has 1 aliphatic heterocycles. The van der Waals surface area contributed by atoms with E-state index >= 15 is 0 Å². The number of nitrogens with one attached hydrogen (secondary N) is 1. The minimum Gasteiger partial charge on any atom is -0.391 e. The third-order valence-corrected chi connectivity index (χ3v) is 4.74. The average Bonchev–Trinajstić information content (AvgIpc) is 2.88. The molecular weight excluding hydrogens is 300 g/mol. The zero-order chi connectivity index (χ0) is 16.2. The van der Waals surface area contributed by atoms with E-state index in [0.717, 1.165) is 13.0 Å². The molecule has 2 N–H and O–H groups in total. The summed E-state index contributed by atoms with van der Waals surface area (Å²) in [7, 11) is 0. The molecule has 7 nitrogen and oxygen atoms in total. The van der Waals surface area contributed by atoms with E-state index in [1.54, 1.807) is 6.92 Å². The summed E-state index contributed by atoms with van der Waals surface area (Å²) in [4.78, 5) is 12.4. The lowest BCUT2D eigenvalue weighted by Gasteiger charge is -2.34. The van der Waals surface area contributed by atoms with Gasteiger partial charge in [-0.05, 0) is 32.1 Å². The lowest BCUT2D eigenvalue weighted by atomic mass is 9.86. The summed E-state index contributed by atoms with van der Waals surface area (Å²) in [6.45, 7) is 3.21. The number of rotatable bonds is 6. The minimum absolute atomic E-state index is 0.0427. The molecule has 0 aromatic carbocycles. The Morgan fingerprint density at radius 1 is 1.43 bits per heavy atom. The molecule has 3 rings (SSSR count). The molecule has 2 heterocycles. The van der Waals surface area contributed by atoms with Crippen molar-refractivity contribution in [2.75, 3.05) is 19.8 Å². The second-order valence-corrected chi connectivity index (χ2v) is 6.34. The summed E-state index contributed by atoms with van der Waals surface area (Å²) in [5, 5.41) is 16.0. The van der Waals surface area contributed by atoms with Crippen molar-refractivity contribution in [3.8, 4) is 0 Å². The van der Waals surface area contributed by atoms with Crippen LogP contribution in [0, 0.1) is 12.8 Å². The quantitative estimate of drug-likeness (QED) is 0.816. The van der Waals surface area contributed by atoms with Gasteiger partial charge in [-0.1, -0.05) is 11.6 Å². The van der Waals surface area contributed by atoms with Crippen LogP contribution in [0.15, 0.2) is 4.52 Å². The topological polar surface area (TPSA) is 93.8 Å². The van der Waals surface area contributed by atoms with E-state index in [-0.39, 0.29) is 30.4 Å². The molecule has 2 atom stereocenters. The largest absolute Gasteiger partial charge is 0.391 e. The van der Waals surface area contributed by atoms with Gasteiger partial charge in [0.15, 0.2) is 5.69 Å². The van der Waals surface area contributed by atoms with Gasteiger partial charge in [-0.15, -0.1) is 0 Å². The highest BCUT2D eigenvalue weighted by Crippen LogP contribution is 2.27. The number of aliphatic hydroxyl groups excluding tert-OH is 1. The summed E-state index contributed by atoms with van der Waals surface area (Å²) in [5.74, 6) is 0.752. The van der Waals surface area contributed by atoms with Crippen LogP contribution in [0.3, 0.4) is 0 Å². The van der Waals surface area contributed by atoms with Crippen LogP contribution < -0.4 is 5.32 Å². The average molecular weight is 324 g/mol. The van der Waals surface area contributed by atoms with Crippen LogP contribution in [-0.2, 0) is 16.1 Å². The van der Waals surface area contributed by atoms with Gasteiger partial charge in [-0.25, -0.2) is 0 Å². The second kappa shape index (κ2) is 7.42. The van der Waals surface area contributed by atoms with E-state index in [2.05, 4.69) is 10.5 Å². The Morgan fingerprint density at radius 2 is 2.26 bits per heavy atom. The maximum atomic E-state index is 12.4. The molecular formula is C16H24N2O5. The van der Waals surface area contributed by atoms with E-state index in [9.17, 15) is 9.90 Å². The van der Waals surface area contributed by atoms with Crippen molar-refractivity contribution in [2.45, 2.75) is 51.4 Å². The number of ether oxygens (including phenoxy) is 2. The van der Waals surface area contributed by atoms with E-state index in [1.165, 1.54) is 19.3 Å². The third-order valence-electron chi connectivity index (χ3n) is 4.74. The summed E-state index contributed by atoms with van der Waals surface area (Å²) < 4.78 is 16.5. The monoisotopic (exact) mass is 324 g/mol. The molecule has 1 aromatic rings. The molecule has 1 saturated carbocycles. The smallest absolute Gasteiger partial charge is 0.274 e. The highest BCUT2D eigenvalue weighted by Gasteiger charge is 2.31. The fourth-order valence-electron chi connectivity index (χ4n) is 2.96. The van der Waals surface area contributed by atoms with Crippen molar-refractivity contribution >= 4 is 5.91 Å². The van der Waals surface area contributed by atoms with Crippen molar-refractivity contribution < 1.29 is 23.9 Å². The Morgan fingerprint density at radius 3 is 2.96 bits per heavy atom. The van der Waals surface area contributed by atoms with Gasteiger partial charge in [0.1, 0.15) is 5.76 Å². The molecule has 2 fully saturated rings. The van der Waals surface area contributed by atoms with Crippen LogP contribution >= 0.6 is 0 Å². The zero-order valence-corrected chi connectivity index (χ0v) is 13.4. The molecule has 1 amide bonds. The first kappa shape index (κ1) is 16.4. The highest BCUT2D eigenvalue weighted by atomic mass is 16.5. The number of carbonyl (C=O) groups excluding carboxylic acids is 1. The maximum absolute atomic E-state index is 12.4. The van der Waals surface area contributed by atoms with Crippen molar-refractivity contribution in [3.63, 3.8) is 0 Å². The van der Waals surface area contributed by atoms with Crippen LogP contribution in [0.1, 0.15) is 47.5 Å². The minimum atomic E-state index is -0.362. The molecule has 0 spiro atoms. The van der Waals surface area contributed by atoms with Crippen molar-refractivity contribution in [1.29, 1.82) is 0 Å². The molecule has 2 aliphatic rings. The van der Waals surface area contributed by atoms with Gasteiger partial charge in [0.25, 0.3) is 5.91 Å². The first-order valence-electron chi connectivity index (χ1n) is 8.25. The fraction of sp³-hybridized carbons (Fsp3) is 0.750. The van der Waals surface area contributed by atoms with Gasteiger partial charge in [-0.3, -0.25) is 4.79 Å². The van der Waals surface area contributed by atoms with Gasteiger partial charge in [0, 0.05) is 13.2 Å². The molecule has 1 aliphatic carbocycles. The van der Waals surface area contributed by atoms with E-state index in [1.807, 2.05) is 0 Å². The third kappa shape index (κ3) is 3.73. The van der Waals surface area contributed by atoms with Crippen LogP contribution in [0.5, 0.6) is 0 Å². The fourth-order valence-corrected chi connectivity index (χ4v) is 2.96. The maximum Gasteiger partial charge on any atom is 0.274 e. The SMILES string of the molecule is Cc1onc(C(=O)N[C@@H]2COCC[C@@H]2OCC2CCC2)c1CO. The normalized spacial score (nSPS) is 25.1. The van der Waals surface area contributed by atoms with Crippen LogP contribution in [-0.4, -0.2) is 48.1 Å². The van der Waals surface area contributed by atoms with Crippen molar-refractivity contribution in [1.82, 2.24) is 10.5 Å². The summed E-state index contributed by atoms with van der Waals surface area (Å²) in [6, 6.07) is -0.208. The number of aryl methyl sites for hydroxylation is 1. The summed E-state index contributed by atoms with van der Waals surface area (Å²) >= 11 is 0. The Kier molecular flexibility index (Phi) is 5.30. The number of hydrogen-bond acceptors (Lipinski definition) is 6. The molecule has 1 saturated heterocycles. The second-order valence-electron chi connectivity index (χ2n) is 6.34. The predicted molar refractivity (Wildman–Crippen MR) is 80.9 cm³/mol. The lowest BCUT2D eigenvalue weighted by molar-refractivity contribution is -0.0697. The molecule has 1 aromatic heterocycles. The highest BCUT2D eigenvalue weighted by molar-refractivity contribution is 5.94. The number of nitrogens with zero attached hydrogens (tertiary/aromatic N) is 1. The Labute approximate surface area is 135 Å². The Bertz CT molecular complexity index is 541. The van der Waals surface area contributed by atoms with Gasteiger partial charge < -0.3 is 24.4 Å². The van der Waals surface area contributed by atoms with E-state index < -0.39 is 0 Å². The molecule has 0 unspecified atom stereocenters. The van der Waals surface area contributed by atoms with Crippen molar-refractivity contribution in [2.24, 2.45) is 5.92 Å². The lowest BCUT2D eigenvalue weighted by Crippen LogP contribution is -2.51. The first-order valence-corrected chi connectivity index (χ1v) is 8.25. The van der Waals surface area contributed by atoms with Crippen LogP contribution in [0.2, 0.25) is 0 Å². The van der Waals surface area contributed by atoms with Gasteiger partial charge >= 0.3 is 0 Å².